The van der Waals surface area contributed by atoms with Crippen molar-refractivity contribution < 1.29 is 9.53 Å². The normalized spacial score (nSPS) is 22.6. The minimum atomic E-state index is -0.109. The molecular weight excluding hydrogens is 218 g/mol. The molecular formula is C9H10ClN3O2. The van der Waals surface area contributed by atoms with Crippen LogP contribution in [0.4, 0.5) is 0 Å². The van der Waals surface area contributed by atoms with Gasteiger partial charge in [0.15, 0.2) is 12.1 Å². The van der Waals surface area contributed by atoms with Gasteiger partial charge in [-0.2, -0.15) is 0 Å². The van der Waals surface area contributed by atoms with E-state index in [1.807, 2.05) is 0 Å². The van der Waals surface area contributed by atoms with E-state index in [4.69, 9.17) is 16.5 Å². The Kier molecular flexibility index (Phi) is 3.25. The van der Waals surface area contributed by atoms with Gasteiger partial charge in [0.1, 0.15) is 0 Å². The highest BCUT2D eigenvalue weighted by Crippen LogP contribution is 2.23. The molecule has 0 saturated carbocycles. The van der Waals surface area contributed by atoms with Crippen molar-refractivity contribution in [2.24, 2.45) is 0 Å². The predicted molar refractivity (Wildman–Crippen MR) is 53.5 cm³/mol. The maximum absolute atomic E-state index is 10.5. The maximum atomic E-state index is 10.5. The lowest BCUT2D eigenvalue weighted by atomic mass is 10.2. The summed E-state index contributed by atoms with van der Waals surface area (Å²) in [7, 11) is 0. The predicted octanol–water partition coefficient (Wildman–Crippen LogP) is 0.816. The van der Waals surface area contributed by atoms with Crippen LogP contribution in [-0.4, -0.2) is 40.4 Å². The Bertz CT molecular complexity index is 361. The van der Waals surface area contributed by atoms with Crippen LogP contribution in [0, 0.1) is 0 Å². The van der Waals surface area contributed by atoms with Gasteiger partial charge in [0.2, 0.25) is 0 Å². The third-order valence-electron chi connectivity index (χ3n) is 2.21. The summed E-state index contributed by atoms with van der Waals surface area (Å²) in [6.45, 7) is 1.75. The van der Waals surface area contributed by atoms with Gasteiger partial charge in [-0.25, -0.2) is 14.4 Å². The number of carbonyl (C=O) groups is 1. The Labute approximate surface area is 92.1 Å². The zero-order valence-electron chi connectivity index (χ0n) is 7.97. The minimum Gasteiger partial charge on any atom is -0.378 e. The van der Waals surface area contributed by atoms with Crippen LogP contribution in [0.15, 0.2) is 12.3 Å². The largest absolute Gasteiger partial charge is 0.378 e. The smallest absolute Gasteiger partial charge is 0.192 e. The van der Waals surface area contributed by atoms with E-state index in [0.717, 1.165) is 0 Å². The second kappa shape index (κ2) is 4.65. The number of ether oxygens (including phenoxy) is 1. The Morgan fingerprint density at radius 1 is 1.67 bits per heavy atom. The second-order valence-electron chi connectivity index (χ2n) is 3.17. The van der Waals surface area contributed by atoms with E-state index in [-0.39, 0.29) is 11.9 Å². The Hall–Kier alpha value is -1.04. The lowest BCUT2D eigenvalue weighted by molar-refractivity contribution is 0.0316. The van der Waals surface area contributed by atoms with Crippen molar-refractivity contribution >= 4 is 18.1 Å². The van der Waals surface area contributed by atoms with Crippen molar-refractivity contribution in [1.29, 1.82) is 0 Å². The van der Waals surface area contributed by atoms with E-state index in [2.05, 4.69) is 9.97 Å². The van der Waals surface area contributed by atoms with E-state index in [9.17, 15) is 4.79 Å². The van der Waals surface area contributed by atoms with Gasteiger partial charge in [-0.1, -0.05) is 0 Å². The number of halogens is 1. The Morgan fingerprint density at radius 3 is 3.27 bits per heavy atom. The van der Waals surface area contributed by atoms with Crippen molar-refractivity contribution in [3.05, 3.63) is 23.8 Å². The standard InChI is InChI=1S/C9H10ClN3O2/c10-13-3-4-15-6-8(13)7-1-2-11-9(5-14)12-7/h1-2,5,8H,3-4,6H2/t8-/m1/s1. The van der Waals surface area contributed by atoms with Gasteiger partial charge in [0.25, 0.3) is 0 Å². The summed E-state index contributed by atoms with van der Waals surface area (Å²) in [5.41, 5.74) is 0.710. The van der Waals surface area contributed by atoms with Crippen LogP contribution >= 0.6 is 11.8 Å². The first kappa shape index (κ1) is 10.5. The Balaban J connectivity index is 2.23. The molecule has 1 aromatic heterocycles. The van der Waals surface area contributed by atoms with Crippen LogP contribution in [0.3, 0.4) is 0 Å². The van der Waals surface area contributed by atoms with Gasteiger partial charge < -0.3 is 4.74 Å². The van der Waals surface area contributed by atoms with Crippen LogP contribution in [0.5, 0.6) is 0 Å². The molecule has 1 saturated heterocycles. The summed E-state index contributed by atoms with van der Waals surface area (Å²) in [6.07, 6.45) is 2.16. The van der Waals surface area contributed by atoms with Gasteiger partial charge in [-0.05, 0) is 17.8 Å². The first-order chi connectivity index (χ1) is 7.31. The van der Waals surface area contributed by atoms with E-state index in [1.165, 1.54) is 0 Å². The molecule has 1 aliphatic heterocycles. The summed E-state index contributed by atoms with van der Waals surface area (Å²) < 4.78 is 6.94. The molecule has 5 nitrogen and oxygen atoms in total. The molecule has 0 amide bonds. The van der Waals surface area contributed by atoms with Gasteiger partial charge in [-0.15, -0.1) is 0 Å². The molecule has 1 aromatic rings. The Morgan fingerprint density at radius 2 is 2.53 bits per heavy atom. The van der Waals surface area contributed by atoms with Crippen LogP contribution < -0.4 is 0 Å². The van der Waals surface area contributed by atoms with Crippen LogP contribution in [0.25, 0.3) is 0 Å². The molecule has 1 fully saturated rings. The molecule has 0 spiro atoms. The summed E-state index contributed by atoms with van der Waals surface area (Å²) in [4.78, 5) is 18.4. The quantitative estimate of drug-likeness (QED) is 0.553. The van der Waals surface area contributed by atoms with Gasteiger partial charge in [0, 0.05) is 12.7 Å². The van der Waals surface area contributed by atoms with E-state index in [1.54, 1.807) is 16.7 Å². The third-order valence-corrected chi connectivity index (χ3v) is 2.61. The van der Waals surface area contributed by atoms with E-state index < -0.39 is 0 Å². The number of morpholine rings is 1. The van der Waals surface area contributed by atoms with Crippen molar-refractivity contribution in [3.8, 4) is 0 Å². The molecule has 0 unspecified atom stereocenters. The van der Waals surface area contributed by atoms with Gasteiger partial charge in [0.05, 0.1) is 24.9 Å². The molecule has 0 aliphatic carbocycles. The fraction of sp³-hybridized carbons (Fsp3) is 0.444. The lowest BCUT2D eigenvalue weighted by Gasteiger charge is -2.29. The van der Waals surface area contributed by atoms with E-state index >= 15 is 0 Å². The summed E-state index contributed by atoms with van der Waals surface area (Å²) in [5.74, 6) is 0.170. The SMILES string of the molecule is O=Cc1nccc([C@H]2COCCN2Cl)n1. The number of carbonyl (C=O) groups excluding carboxylic acids is 1. The number of hydrogen-bond donors (Lipinski definition) is 0. The lowest BCUT2D eigenvalue weighted by Crippen LogP contribution is -2.33. The van der Waals surface area contributed by atoms with Crippen molar-refractivity contribution in [2.45, 2.75) is 6.04 Å². The fourth-order valence-corrected chi connectivity index (χ4v) is 1.67. The molecule has 6 heteroatoms. The average molecular weight is 228 g/mol. The highest BCUT2D eigenvalue weighted by Gasteiger charge is 2.24. The van der Waals surface area contributed by atoms with Crippen LogP contribution in [0.1, 0.15) is 22.4 Å². The van der Waals surface area contributed by atoms with Crippen molar-refractivity contribution in [3.63, 3.8) is 0 Å². The summed E-state index contributed by atoms with van der Waals surface area (Å²) >= 11 is 6.02. The van der Waals surface area contributed by atoms with Gasteiger partial charge in [-0.3, -0.25) is 4.79 Å². The molecule has 0 N–H and O–H groups in total. The number of aldehydes is 1. The average Bonchev–Trinajstić information content (AvgIpc) is 2.30. The maximum Gasteiger partial charge on any atom is 0.192 e. The zero-order valence-corrected chi connectivity index (χ0v) is 8.72. The zero-order chi connectivity index (χ0) is 10.7. The molecule has 2 rings (SSSR count). The topological polar surface area (TPSA) is 55.3 Å². The molecule has 1 aliphatic rings. The monoisotopic (exact) mass is 227 g/mol. The number of hydrogen-bond acceptors (Lipinski definition) is 5. The second-order valence-corrected chi connectivity index (χ2v) is 3.61. The highest BCUT2D eigenvalue weighted by molar-refractivity contribution is 6.13. The summed E-state index contributed by atoms with van der Waals surface area (Å²) in [6, 6.07) is 1.63. The van der Waals surface area contributed by atoms with Crippen LogP contribution in [0.2, 0.25) is 0 Å². The van der Waals surface area contributed by atoms with E-state index in [0.29, 0.717) is 31.7 Å². The minimum absolute atomic E-state index is 0.109. The van der Waals surface area contributed by atoms with Crippen molar-refractivity contribution in [1.82, 2.24) is 14.4 Å². The molecule has 0 bridgehead atoms. The number of rotatable bonds is 2. The molecule has 2 heterocycles. The molecule has 80 valence electrons. The highest BCUT2D eigenvalue weighted by atomic mass is 35.5. The molecule has 0 radical (unpaired) electrons. The number of aromatic nitrogens is 2. The van der Waals surface area contributed by atoms with Crippen LogP contribution in [-0.2, 0) is 4.74 Å². The third kappa shape index (κ3) is 2.31. The molecule has 1 atom stereocenters. The fourth-order valence-electron chi connectivity index (χ4n) is 1.44. The molecule has 0 aromatic carbocycles. The molecule has 15 heavy (non-hydrogen) atoms. The van der Waals surface area contributed by atoms with Crippen molar-refractivity contribution in [2.75, 3.05) is 19.8 Å². The number of nitrogens with zero attached hydrogens (tertiary/aromatic N) is 3. The first-order valence-electron chi connectivity index (χ1n) is 4.59. The summed E-state index contributed by atoms with van der Waals surface area (Å²) in [5, 5.41) is 0. The first-order valence-corrected chi connectivity index (χ1v) is 4.93. The van der Waals surface area contributed by atoms with Gasteiger partial charge >= 0.3 is 0 Å².